The Hall–Kier alpha value is -9.46. The number of aromatic hydroxyl groups is 1. The molecule has 0 bridgehead atoms. The summed E-state index contributed by atoms with van der Waals surface area (Å²) in [6.45, 7) is 44.2. The lowest BCUT2D eigenvalue weighted by atomic mass is 9.72. The number of hydrogen-bond donors (Lipinski definition) is 1. The molecular formula is C103H130N12O13S5. The number of likely N-dealkylation sites (N-methyl/N-ethyl adjacent to an activating group) is 1. The fourth-order valence-electron chi connectivity index (χ4n) is 17.3. The highest BCUT2D eigenvalue weighted by molar-refractivity contribution is 8.00. The Bertz CT molecular complexity index is 5980. The van der Waals surface area contributed by atoms with E-state index in [0.717, 1.165) is 163 Å². The van der Waals surface area contributed by atoms with Crippen LogP contribution in [-0.4, -0.2) is 194 Å². The lowest BCUT2D eigenvalue weighted by Crippen LogP contribution is -2.40. The van der Waals surface area contributed by atoms with Crippen molar-refractivity contribution in [2.24, 2.45) is 0 Å². The zero-order valence-corrected chi connectivity index (χ0v) is 84.3. The van der Waals surface area contributed by atoms with Crippen molar-refractivity contribution in [3.05, 3.63) is 232 Å². The highest BCUT2D eigenvalue weighted by Crippen LogP contribution is 2.48. The van der Waals surface area contributed by atoms with Gasteiger partial charge in [-0.3, -0.25) is 37.4 Å². The molecule has 0 amide bonds. The van der Waals surface area contributed by atoms with Gasteiger partial charge in [0.25, 0.3) is 22.2 Å². The maximum atomic E-state index is 13.6. The van der Waals surface area contributed by atoms with Gasteiger partial charge in [-0.1, -0.05) is 245 Å². The van der Waals surface area contributed by atoms with Crippen LogP contribution >= 0.6 is 58.8 Å². The number of allylic oxidation sites excluding steroid dienone is 2. The Morgan fingerprint density at radius 1 is 0.496 bits per heavy atom. The highest BCUT2D eigenvalue weighted by atomic mass is 32.2. The number of thioether (sulfide) groups is 5. The molecular weight excluding hydrogens is 1770 g/mol. The van der Waals surface area contributed by atoms with Crippen LogP contribution in [-0.2, 0) is 102 Å². The second kappa shape index (κ2) is 48.8. The first-order valence-corrected chi connectivity index (χ1v) is 50.5. The van der Waals surface area contributed by atoms with Crippen molar-refractivity contribution in [2.75, 3.05) is 130 Å². The van der Waals surface area contributed by atoms with E-state index >= 15 is 0 Å². The fourth-order valence-corrected chi connectivity index (χ4v) is 21.3. The van der Waals surface area contributed by atoms with Crippen molar-refractivity contribution in [3.8, 4) is 79.7 Å². The van der Waals surface area contributed by atoms with E-state index in [0.29, 0.717) is 130 Å². The molecule has 0 unspecified atom stereocenters. The second-order valence-electron chi connectivity index (χ2n) is 35.1. The summed E-state index contributed by atoms with van der Waals surface area (Å²) in [6, 6.07) is 40.3. The maximum Gasteiger partial charge on any atom is 0.258 e. The zero-order chi connectivity index (χ0) is 95.7. The molecule has 5 aromatic heterocycles. The van der Waals surface area contributed by atoms with Gasteiger partial charge in [0.15, 0.2) is 32.1 Å². The SMILES string of the molecule is C=CCn1c(SCC)nc2c(c1=O)C(C)(C)Cc1c(O)cccc1-2.C=CCn1c(SCC)nc2c(c1=O)C(C)(C)Cc1cc(OCCN(CC)CC)ccc1-2.COCCOc1nc(SCCOC)nc(-c2ccccc2)c1C.COCCSc1nc2c(c(=O)n1CC1OCCO1)C(C)(C)Cc1ccccc1-2.COCCSc1nc2c(c(=O)n1CCCC#N)C(C)(C)Cc1ccccc1-2. The molecule has 0 radical (unpaired) electrons. The molecule has 133 heavy (non-hydrogen) atoms. The number of rotatable bonds is 36. The maximum absolute atomic E-state index is 13.6. The predicted octanol–water partition coefficient (Wildman–Crippen LogP) is 18.4. The van der Waals surface area contributed by atoms with Crippen LogP contribution < -0.4 is 31.7 Å². The van der Waals surface area contributed by atoms with Gasteiger partial charge in [0.1, 0.15) is 24.7 Å². The number of nitrogens with zero attached hydrogens (tertiary/aromatic N) is 12. The summed E-state index contributed by atoms with van der Waals surface area (Å²) in [5, 5.41) is 22.7. The van der Waals surface area contributed by atoms with Gasteiger partial charge in [0.2, 0.25) is 5.88 Å². The van der Waals surface area contributed by atoms with Crippen LogP contribution in [0, 0.1) is 18.3 Å². The summed E-state index contributed by atoms with van der Waals surface area (Å²) in [7, 11) is 6.68. The van der Waals surface area contributed by atoms with Crippen LogP contribution in [0.1, 0.15) is 146 Å². The largest absolute Gasteiger partial charge is 0.508 e. The summed E-state index contributed by atoms with van der Waals surface area (Å²) in [5.41, 5.74) is 16.5. The van der Waals surface area contributed by atoms with Crippen molar-refractivity contribution < 1.29 is 43.0 Å². The first-order valence-electron chi connectivity index (χ1n) is 45.6. The smallest absolute Gasteiger partial charge is 0.258 e. The van der Waals surface area contributed by atoms with Gasteiger partial charge in [0, 0.05) is 161 Å². The Labute approximate surface area is 804 Å². The fraction of sp³-hybridized carbons (Fsp3) is 0.466. The molecule has 6 heterocycles. The summed E-state index contributed by atoms with van der Waals surface area (Å²) >= 11 is 7.77. The predicted molar refractivity (Wildman–Crippen MR) is 539 cm³/mol. The van der Waals surface area contributed by atoms with E-state index in [9.17, 15) is 24.3 Å². The molecule has 1 N–H and O–H groups in total. The average Bonchev–Trinajstić information content (AvgIpc) is 1.22. The van der Waals surface area contributed by atoms with Crippen LogP contribution in [0.2, 0.25) is 0 Å². The number of fused-ring (bicyclic) bond motifs is 12. The zero-order valence-electron chi connectivity index (χ0n) is 80.3. The van der Waals surface area contributed by atoms with E-state index in [1.807, 2.05) is 94.4 Å². The van der Waals surface area contributed by atoms with Crippen molar-refractivity contribution in [1.82, 2.24) is 53.1 Å². The third-order valence-electron chi connectivity index (χ3n) is 23.7. The van der Waals surface area contributed by atoms with Gasteiger partial charge < -0.3 is 47.9 Å². The number of phenols is 1. The minimum Gasteiger partial charge on any atom is -0.508 e. The molecule has 0 spiro atoms. The molecule has 5 aliphatic rings. The number of aromatic nitrogens is 10. The van der Waals surface area contributed by atoms with Crippen molar-refractivity contribution in [3.63, 3.8) is 0 Å². The van der Waals surface area contributed by atoms with Gasteiger partial charge in [-0.2, -0.15) is 10.2 Å². The summed E-state index contributed by atoms with van der Waals surface area (Å²) in [4.78, 5) is 85.1. The number of phenolic OH excluding ortho intramolecular Hbond substituents is 1. The Kier molecular flexibility index (Phi) is 38.2. The molecule has 4 aliphatic carbocycles. The minimum atomic E-state index is -0.404. The molecule has 1 aliphatic heterocycles. The molecule has 0 saturated carbocycles. The third kappa shape index (κ3) is 25.3. The third-order valence-corrected chi connectivity index (χ3v) is 28.1. The summed E-state index contributed by atoms with van der Waals surface area (Å²) in [6.07, 6.45) is 7.20. The molecule has 710 valence electrons. The van der Waals surface area contributed by atoms with E-state index < -0.39 is 6.29 Å². The van der Waals surface area contributed by atoms with Crippen LogP contribution in [0.25, 0.3) is 56.3 Å². The monoisotopic (exact) mass is 1900 g/mol. The van der Waals surface area contributed by atoms with Crippen molar-refractivity contribution >= 4 is 58.8 Å². The standard InChI is InChI=1S/C25H35N3O2S.C21H25N3O2S.C21H26N2O4S.C19H22N2O2S.C17H22N2O3S/c1-7-13-28-23(29)21-22(26-24(28)31-10-4)20-12-11-19(16-18(20)17-25(21,5)6)30-15-14-27(8-2)9-3;1-21(2)14-15-8-4-5-9-16(15)18-17(21)19(25)24(11-7-6-10-22)20(23-18)27-13-12-26-3;1-21(2)12-14-6-4-5-7-15(14)18-17(21)19(24)23(13-16-26-8-9-27-16)20(22-18)28-11-10-25-3;1-5-10-21-17(23)15-16(20-18(21)24-6-2)12-8-7-9-14(22)13(12)11-19(15,3)4;1-13-15(14-7-5-4-6-8-14)18-17(23-12-11-21-3)19-16(13)22-10-9-20-2/h7,11-12,16H,1,8-10,13-15,17H2,2-6H3;4-5,8-9H,6-7,11-14H2,1-3H3;4-7,16H,8-13H2,1-3H3;5,7-9,22H,1,6,10-11H2,2-4H3;4-8H,9-12H2,1-3H3. The summed E-state index contributed by atoms with van der Waals surface area (Å²) < 4.78 is 50.4. The second-order valence-corrected chi connectivity index (χ2v) is 40.8. The van der Waals surface area contributed by atoms with Crippen molar-refractivity contribution in [1.29, 1.82) is 5.26 Å². The van der Waals surface area contributed by atoms with E-state index in [4.69, 9.17) is 63.1 Å². The molecule has 15 rings (SSSR count). The number of nitriles is 1. The van der Waals surface area contributed by atoms with E-state index in [-0.39, 0.29) is 49.6 Å². The number of ether oxygens (including phenoxy) is 8. The Balaban J connectivity index is 0.000000161. The average molecular weight is 1900 g/mol. The lowest BCUT2D eigenvalue weighted by Gasteiger charge is -2.33. The van der Waals surface area contributed by atoms with Gasteiger partial charge in [-0.25, -0.2) is 24.9 Å². The van der Waals surface area contributed by atoms with E-state index in [1.54, 1.807) is 106 Å². The number of hydrogen-bond acceptors (Lipinski definition) is 26. The molecule has 5 aromatic carbocycles. The van der Waals surface area contributed by atoms with Gasteiger partial charge >= 0.3 is 0 Å². The Morgan fingerprint density at radius 3 is 1.45 bits per heavy atom. The topological polar surface area (TPSA) is 286 Å². The first-order chi connectivity index (χ1) is 64.0. The quantitative estimate of drug-likeness (QED) is 0.0165. The molecule has 0 atom stereocenters. The normalized spacial score (nSPS) is 14.6. The molecule has 10 aromatic rings. The Morgan fingerprint density at radius 2 is 0.947 bits per heavy atom. The van der Waals surface area contributed by atoms with Crippen LogP contribution in [0.4, 0.5) is 0 Å². The van der Waals surface area contributed by atoms with E-state index in [1.165, 1.54) is 40.2 Å². The minimum absolute atomic E-state index is 0.00326. The summed E-state index contributed by atoms with van der Waals surface area (Å²) in [5.74, 6) is 5.70. The van der Waals surface area contributed by atoms with Gasteiger partial charge in [-0.05, 0) is 105 Å². The first kappa shape index (κ1) is 104. The van der Waals surface area contributed by atoms with Crippen LogP contribution in [0.15, 0.2) is 186 Å². The van der Waals surface area contributed by atoms with Crippen LogP contribution in [0.5, 0.6) is 17.4 Å². The number of unbranched alkanes of at least 4 members (excludes halogenated alkanes) is 1. The van der Waals surface area contributed by atoms with Crippen LogP contribution in [0.3, 0.4) is 0 Å². The highest BCUT2D eigenvalue weighted by Gasteiger charge is 2.42. The van der Waals surface area contributed by atoms with E-state index in [2.05, 4.69) is 133 Å². The lowest BCUT2D eigenvalue weighted by molar-refractivity contribution is -0.0549. The van der Waals surface area contributed by atoms with Gasteiger partial charge in [0.05, 0.1) is 80.7 Å². The molecule has 25 nitrogen and oxygen atoms in total. The van der Waals surface area contributed by atoms with Crippen molar-refractivity contribution in [2.45, 2.75) is 208 Å². The number of benzene rings is 5. The molecule has 1 saturated heterocycles. The molecule has 1 fully saturated rings. The number of methoxy groups -OCH3 is 4. The van der Waals surface area contributed by atoms with Gasteiger partial charge in [-0.15, -0.1) is 13.2 Å². The molecule has 30 heteroatoms.